The second kappa shape index (κ2) is 8.66. The van der Waals surface area contributed by atoms with Crippen LogP contribution in [-0.2, 0) is 0 Å². The summed E-state index contributed by atoms with van der Waals surface area (Å²) in [5.41, 5.74) is 0. The number of benzene rings is 6. The Morgan fingerprint density at radius 2 is 0.629 bits per heavy atom. The van der Waals surface area contributed by atoms with Gasteiger partial charge in [-0.05, 0) is 0 Å². The van der Waals surface area contributed by atoms with Crippen molar-refractivity contribution in [2.75, 3.05) is 0 Å². The molecule has 0 atom stereocenters. The summed E-state index contributed by atoms with van der Waals surface area (Å²) in [5, 5.41) is 9.32. The minimum absolute atomic E-state index is 1.26. The maximum atomic E-state index is 2.38. The second-order valence-electron chi connectivity index (χ2n) is 8.96. The first kappa shape index (κ1) is 21.5. The fourth-order valence-electron chi connectivity index (χ4n) is 5.95. The average molecular weight is 467 g/mol. The third kappa shape index (κ3) is 2.97. The first-order valence-electron chi connectivity index (χ1n) is 12.1. The van der Waals surface area contributed by atoms with Gasteiger partial charge in [0.25, 0.3) is 0 Å². The van der Waals surface area contributed by atoms with Crippen LogP contribution in [0.15, 0.2) is 164 Å². The number of rotatable bonds is 5. The minimum atomic E-state index is -3.43. The Kier molecular flexibility index (Phi) is 5.33. The van der Waals surface area contributed by atoms with E-state index in [1.807, 2.05) is 0 Å². The van der Waals surface area contributed by atoms with Crippen LogP contribution in [0.25, 0.3) is 10.8 Å². The molecule has 0 heterocycles. The molecule has 168 valence electrons. The molecule has 0 radical (unpaired) electrons. The molecule has 0 N–H and O–H groups in total. The molecule has 0 nitrogen and oxygen atoms in total. The van der Waals surface area contributed by atoms with Gasteiger partial charge in [-0.1, -0.05) is 0 Å². The van der Waals surface area contributed by atoms with E-state index in [0.29, 0.717) is 0 Å². The molecule has 0 aliphatic heterocycles. The van der Waals surface area contributed by atoms with E-state index in [1.54, 1.807) is 0 Å². The summed E-state index contributed by atoms with van der Waals surface area (Å²) in [6.45, 7) is -3.43. The molecule has 0 saturated heterocycles. The van der Waals surface area contributed by atoms with Gasteiger partial charge in [0.15, 0.2) is 0 Å². The van der Waals surface area contributed by atoms with Crippen molar-refractivity contribution in [2.24, 2.45) is 0 Å². The zero-order valence-electron chi connectivity index (χ0n) is 19.5. The molecule has 6 rings (SSSR count). The van der Waals surface area contributed by atoms with Crippen molar-refractivity contribution in [2.45, 2.75) is 0 Å². The quantitative estimate of drug-likeness (QED) is 0.261. The van der Waals surface area contributed by atoms with Gasteiger partial charge in [0, 0.05) is 0 Å². The van der Waals surface area contributed by atoms with Gasteiger partial charge in [0.05, 0.1) is 0 Å². The molecule has 35 heavy (non-hydrogen) atoms. The zero-order chi connectivity index (χ0) is 23.6. The predicted molar refractivity (Wildman–Crippen MR) is 155 cm³/mol. The van der Waals surface area contributed by atoms with Crippen molar-refractivity contribution in [3.8, 4) is 0 Å². The van der Waals surface area contributed by atoms with E-state index in [0.717, 1.165) is 0 Å². The summed E-state index contributed by atoms with van der Waals surface area (Å²) >= 11 is 0. The van der Waals surface area contributed by atoms with Gasteiger partial charge >= 0.3 is 208 Å². The average Bonchev–Trinajstić information content (AvgIpc) is 2.96. The molecule has 0 saturated carbocycles. The van der Waals surface area contributed by atoms with Gasteiger partial charge in [-0.3, -0.25) is 0 Å². The van der Waals surface area contributed by atoms with Crippen LogP contribution in [0.1, 0.15) is 0 Å². The summed E-state index contributed by atoms with van der Waals surface area (Å²) in [6, 6.07) is 60.4. The Balaban J connectivity index is 2.01. The van der Waals surface area contributed by atoms with Gasteiger partial charge in [0.2, 0.25) is 0 Å². The van der Waals surface area contributed by atoms with Crippen molar-refractivity contribution in [3.05, 3.63) is 164 Å². The first-order chi connectivity index (χ1) is 17.4. The molecule has 6 aromatic rings. The normalized spacial score (nSPS) is 12.6. The van der Waals surface area contributed by atoms with Gasteiger partial charge < -0.3 is 0 Å². The maximum absolute atomic E-state index is 3.43. The van der Waals surface area contributed by atoms with Gasteiger partial charge in [-0.2, -0.15) is 0 Å². The van der Waals surface area contributed by atoms with Crippen molar-refractivity contribution in [1.82, 2.24) is 0 Å². The summed E-state index contributed by atoms with van der Waals surface area (Å²) < 4.78 is 0. The molecule has 1 heteroatoms. The molecule has 0 spiro atoms. The van der Waals surface area contributed by atoms with Crippen LogP contribution in [0.3, 0.4) is 0 Å². The predicted octanol–water partition coefficient (Wildman–Crippen LogP) is 6.32. The van der Waals surface area contributed by atoms with Crippen LogP contribution in [0.5, 0.6) is 0 Å². The van der Waals surface area contributed by atoms with E-state index in [4.69, 9.17) is 0 Å². The molecular formula is C34H27P. The standard InChI is InChI=1S/C34H27P/c1-5-18-29(19-6-1)35(30-20-7-2-8-21-30,31-22-9-3-10-23-31,32-24-11-4-12-25-32)34-27-15-17-28-16-13-14-26-33(28)34/h1-27H. The van der Waals surface area contributed by atoms with Crippen LogP contribution >= 0.6 is 6.60 Å². The molecule has 0 aliphatic rings. The summed E-state index contributed by atoms with van der Waals surface area (Å²) in [6.07, 6.45) is 0. The molecule has 0 aromatic heterocycles. The van der Waals surface area contributed by atoms with Crippen LogP contribution in [0.2, 0.25) is 0 Å². The Hall–Kier alpha value is -3.99. The topological polar surface area (TPSA) is 0 Å². The Labute approximate surface area is 207 Å². The SMILES string of the molecule is c1ccc(P(c2ccccc2)(c2ccccc2)(c2ccccc2)c2cccc3ccccc23)cc1. The molecule has 0 fully saturated rings. The van der Waals surface area contributed by atoms with E-state index in [1.165, 1.54) is 37.3 Å². The van der Waals surface area contributed by atoms with E-state index in [-0.39, 0.29) is 0 Å². The number of fused-ring (bicyclic) bond motifs is 1. The van der Waals surface area contributed by atoms with Gasteiger partial charge in [-0.25, -0.2) is 0 Å². The molecule has 0 bridgehead atoms. The summed E-state index contributed by atoms with van der Waals surface area (Å²) in [7, 11) is 0. The first-order valence-corrected chi connectivity index (χ1v) is 14.3. The van der Waals surface area contributed by atoms with Gasteiger partial charge in [0.1, 0.15) is 0 Å². The Morgan fingerprint density at radius 3 is 1.06 bits per heavy atom. The van der Waals surface area contributed by atoms with Crippen molar-refractivity contribution in [1.29, 1.82) is 0 Å². The van der Waals surface area contributed by atoms with E-state index >= 15 is 0 Å². The number of hydrogen-bond acceptors (Lipinski definition) is 0. The van der Waals surface area contributed by atoms with Crippen LogP contribution in [-0.4, -0.2) is 0 Å². The van der Waals surface area contributed by atoms with Crippen molar-refractivity contribution < 1.29 is 0 Å². The molecule has 0 unspecified atom stereocenters. The van der Waals surface area contributed by atoms with E-state index in [2.05, 4.69) is 164 Å². The summed E-state index contributed by atoms with van der Waals surface area (Å²) in [4.78, 5) is 0. The summed E-state index contributed by atoms with van der Waals surface area (Å²) in [5.74, 6) is 0. The monoisotopic (exact) mass is 466 g/mol. The Morgan fingerprint density at radius 1 is 0.286 bits per heavy atom. The molecular weight excluding hydrogens is 439 g/mol. The van der Waals surface area contributed by atoms with Gasteiger partial charge in [-0.15, -0.1) is 0 Å². The fraction of sp³-hybridized carbons (Fsp3) is 0. The molecule has 6 aromatic carbocycles. The van der Waals surface area contributed by atoms with Crippen LogP contribution < -0.4 is 26.5 Å². The van der Waals surface area contributed by atoms with Crippen LogP contribution in [0, 0.1) is 0 Å². The fourth-order valence-corrected chi connectivity index (χ4v) is 13.0. The Bertz CT molecular complexity index is 1400. The van der Waals surface area contributed by atoms with Crippen molar-refractivity contribution >= 4 is 43.9 Å². The van der Waals surface area contributed by atoms with Crippen molar-refractivity contribution in [3.63, 3.8) is 0 Å². The third-order valence-corrected chi connectivity index (χ3v) is 14.0. The van der Waals surface area contributed by atoms with Crippen LogP contribution in [0.4, 0.5) is 0 Å². The molecule has 0 amide bonds. The molecule has 0 aliphatic carbocycles. The third-order valence-electron chi connectivity index (χ3n) is 7.34. The van der Waals surface area contributed by atoms with E-state index < -0.39 is 6.60 Å². The zero-order valence-corrected chi connectivity index (χ0v) is 20.4. The number of hydrogen-bond donors (Lipinski definition) is 0. The van der Waals surface area contributed by atoms with E-state index in [9.17, 15) is 0 Å². The second-order valence-corrected chi connectivity index (χ2v) is 13.7.